The SMILES string of the molecule is CCC(CN)CC(=O)N1CCCOc2ccccc21. The van der Waals surface area contributed by atoms with Crippen LogP contribution < -0.4 is 15.4 Å². The molecule has 0 aromatic heterocycles. The van der Waals surface area contributed by atoms with Crippen molar-refractivity contribution in [3.63, 3.8) is 0 Å². The van der Waals surface area contributed by atoms with Gasteiger partial charge in [0, 0.05) is 13.0 Å². The number of benzene rings is 1. The number of hydrogen-bond acceptors (Lipinski definition) is 3. The highest BCUT2D eigenvalue weighted by molar-refractivity contribution is 5.95. The molecule has 4 nitrogen and oxygen atoms in total. The molecule has 4 heteroatoms. The monoisotopic (exact) mass is 262 g/mol. The zero-order valence-corrected chi connectivity index (χ0v) is 11.5. The Labute approximate surface area is 114 Å². The predicted octanol–water partition coefficient (Wildman–Crippen LogP) is 2.18. The van der Waals surface area contributed by atoms with E-state index in [1.807, 2.05) is 29.2 Å². The maximum atomic E-state index is 12.5. The van der Waals surface area contributed by atoms with E-state index < -0.39 is 0 Å². The van der Waals surface area contributed by atoms with Crippen molar-refractivity contribution in [1.82, 2.24) is 0 Å². The number of para-hydroxylation sites is 2. The van der Waals surface area contributed by atoms with E-state index in [1.54, 1.807) is 0 Å². The van der Waals surface area contributed by atoms with Gasteiger partial charge in [0.05, 0.1) is 12.3 Å². The predicted molar refractivity (Wildman–Crippen MR) is 76.4 cm³/mol. The maximum absolute atomic E-state index is 12.5. The molecule has 0 saturated heterocycles. The zero-order valence-electron chi connectivity index (χ0n) is 11.5. The highest BCUT2D eigenvalue weighted by Crippen LogP contribution is 2.31. The summed E-state index contributed by atoms with van der Waals surface area (Å²) in [5.74, 6) is 1.22. The van der Waals surface area contributed by atoms with Gasteiger partial charge in [-0.15, -0.1) is 0 Å². The number of anilines is 1. The highest BCUT2D eigenvalue weighted by atomic mass is 16.5. The molecule has 0 spiro atoms. The molecule has 0 saturated carbocycles. The van der Waals surface area contributed by atoms with Crippen LogP contribution >= 0.6 is 0 Å². The lowest BCUT2D eigenvalue weighted by Gasteiger charge is -2.23. The van der Waals surface area contributed by atoms with Gasteiger partial charge in [-0.2, -0.15) is 0 Å². The number of nitrogens with zero attached hydrogens (tertiary/aromatic N) is 1. The lowest BCUT2D eigenvalue weighted by molar-refractivity contribution is -0.119. The van der Waals surface area contributed by atoms with Crippen LogP contribution in [0.3, 0.4) is 0 Å². The van der Waals surface area contributed by atoms with Gasteiger partial charge in [0.25, 0.3) is 0 Å². The molecule has 1 aromatic carbocycles. The summed E-state index contributed by atoms with van der Waals surface area (Å²) in [6.45, 7) is 4.02. The van der Waals surface area contributed by atoms with Crippen LogP contribution in [0.1, 0.15) is 26.2 Å². The largest absolute Gasteiger partial charge is 0.491 e. The third-order valence-corrected chi connectivity index (χ3v) is 3.61. The smallest absolute Gasteiger partial charge is 0.227 e. The first kappa shape index (κ1) is 13.9. The van der Waals surface area contributed by atoms with E-state index in [-0.39, 0.29) is 11.8 Å². The molecule has 0 aliphatic carbocycles. The number of carbonyl (C=O) groups excluding carboxylic acids is 1. The van der Waals surface area contributed by atoms with Crippen molar-refractivity contribution in [2.24, 2.45) is 11.7 Å². The molecular formula is C15H22N2O2. The maximum Gasteiger partial charge on any atom is 0.227 e. The molecule has 1 aliphatic heterocycles. The van der Waals surface area contributed by atoms with Crippen molar-refractivity contribution in [2.45, 2.75) is 26.2 Å². The summed E-state index contributed by atoms with van der Waals surface area (Å²) in [4.78, 5) is 14.3. The molecule has 0 fully saturated rings. The van der Waals surface area contributed by atoms with Crippen molar-refractivity contribution >= 4 is 11.6 Å². The van der Waals surface area contributed by atoms with Crippen molar-refractivity contribution in [3.8, 4) is 5.75 Å². The van der Waals surface area contributed by atoms with Crippen LogP contribution in [0.2, 0.25) is 0 Å². The van der Waals surface area contributed by atoms with Gasteiger partial charge in [-0.1, -0.05) is 25.5 Å². The standard InChI is InChI=1S/C15H22N2O2/c1-2-12(11-16)10-15(18)17-8-5-9-19-14-7-4-3-6-13(14)17/h3-4,6-7,12H,2,5,8-11,16H2,1H3. The fourth-order valence-electron chi connectivity index (χ4n) is 2.34. The Morgan fingerprint density at radius 1 is 1.47 bits per heavy atom. The molecule has 1 aromatic rings. The van der Waals surface area contributed by atoms with Crippen LogP contribution in [-0.2, 0) is 4.79 Å². The molecule has 1 atom stereocenters. The molecule has 1 heterocycles. The number of ether oxygens (including phenoxy) is 1. The van der Waals surface area contributed by atoms with Crippen LogP contribution in [0, 0.1) is 5.92 Å². The molecular weight excluding hydrogens is 240 g/mol. The minimum atomic E-state index is 0.148. The second-order valence-corrected chi connectivity index (χ2v) is 4.93. The van der Waals surface area contributed by atoms with Crippen molar-refractivity contribution < 1.29 is 9.53 Å². The van der Waals surface area contributed by atoms with Crippen LogP contribution in [0.25, 0.3) is 0 Å². The lowest BCUT2D eigenvalue weighted by Crippen LogP contribution is -2.34. The first-order chi connectivity index (χ1) is 9.26. The van der Waals surface area contributed by atoms with E-state index in [0.29, 0.717) is 19.6 Å². The Morgan fingerprint density at radius 3 is 3.00 bits per heavy atom. The van der Waals surface area contributed by atoms with E-state index in [9.17, 15) is 4.79 Å². The minimum Gasteiger partial charge on any atom is -0.491 e. The van der Waals surface area contributed by atoms with Crippen LogP contribution in [0.15, 0.2) is 24.3 Å². The van der Waals surface area contributed by atoms with Crippen molar-refractivity contribution in [3.05, 3.63) is 24.3 Å². The van der Waals surface area contributed by atoms with Crippen LogP contribution in [-0.4, -0.2) is 25.6 Å². The summed E-state index contributed by atoms with van der Waals surface area (Å²) in [7, 11) is 0. The number of nitrogens with two attached hydrogens (primary N) is 1. The molecule has 0 bridgehead atoms. The Morgan fingerprint density at radius 2 is 2.26 bits per heavy atom. The van der Waals surface area contributed by atoms with Crippen LogP contribution in [0.5, 0.6) is 5.75 Å². The van der Waals surface area contributed by atoms with Gasteiger partial charge < -0.3 is 15.4 Å². The van der Waals surface area contributed by atoms with E-state index >= 15 is 0 Å². The summed E-state index contributed by atoms with van der Waals surface area (Å²) in [6, 6.07) is 7.73. The second kappa shape index (κ2) is 6.57. The van der Waals surface area contributed by atoms with E-state index in [0.717, 1.165) is 30.8 Å². The Balaban J connectivity index is 2.17. The Kier molecular flexibility index (Phi) is 4.80. The lowest BCUT2D eigenvalue weighted by atomic mass is 10.0. The van der Waals surface area contributed by atoms with Gasteiger partial charge in [-0.05, 0) is 31.0 Å². The van der Waals surface area contributed by atoms with E-state index in [4.69, 9.17) is 10.5 Å². The zero-order chi connectivity index (χ0) is 13.7. The molecule has 0 radical (unpaired) electrons. The third kappa shape index (κ3) is 3.26. The first-order valence-electron chi connectivity index (χ1n) is 6.98. The molecule has 19 heavy (non-hydrogen) atoms. The average Bonchev–Trinajstić information content (AvgIpc) is 2.66. The molecule has 2 rings (SSSR count). The third-order valence-electron chi connectivity index (χ3n) is 3.61. The van der Waals surface area contributed by atoms with Crippen LogP contribution in [0.4, 0.5) is 5.69 Å². The van der Waals surface area contributed by atoms with Gasteiger partial charge in [0.2, 0.25) is 5.91 Å². The summed E-state index contributed by atoms with van der Waals surface area (Å²) in [5, 5.41) is 0. The number of hydrogen-bond donors (Lipinski definition) is 1. The highest BCUT2D eigenvalue weighted by Gasteiger charge is 2.23. The summed E-state index contributed by atoms with van der Waals surface area (Å²) < 4.78 is 5.67. The van der Waals surface area contributed by atoms with Gasteiger partial charge in [-0.3, -0.25) is 4.79 Å². The van der Waals surface area contributed by atoms with Gasteiger partial charge in [-0.25, -0.2) is 0 Å². The van der Waals surface area contributed by atoms with Gasteiger partial charge in [0.1, 0.15) is 5.75 Å². The quantitative estimate of drug-likeness (QED) is 0.904. The summed E-state index contributed by atoms with van der Waals surface area (Å²) >= 11 is 0. The topological polar surface area (TPSA) is 55.6 Å². The van der Waals surface area contributed by atoms with Gasteiger partial charge >= 0.3 is 0 Å². The second-order valence-electron chi connectivity index (χ2n) is 4.93. The molecule has 104 valence electrons. The fourth-order valence-corrected chi connectivity index (χ4v) is 2.34. The summed E-state index contributed by atoms with van der Waals surface area (Å²) in [5.41, 5.74) is 6.58. The molecule has 2 N–H and O–H groups in total. The first-order valence-corrected chi connectivity index (χ1v) is 6.98. The van der Waals surface area contributed by atoms with Crippen molar-refractivity contribution in [1.29, 1.82) is 0 Å². The van der Waals surface area contributed by atoms with E-state index in [1.165, 1.54) is 0 Å². The molecule has 1 unspecified atom stereocenters. The van der Waals surface area contributed by atoms with Gasteiger partial charge in [0.15, 0.2) is 0 Å². The minimum absolute atomic E-state index is 0.148. The number of fused-ring (bicyclic) bond motifs is 1. The normalized spacial score (nSPS) is 16.2. The molecule has 1 amide bonds. The summed E-state index contributed by atoms with van der Waals surface area (Å²) in [6.07, 6.45) is 2.31. The number of carbonyl (C=O) groups is 1. The molecule has 1 aliphatic rings. The average molecular weight is 262 g/mol. The Bertz CT molecular complexity index is 430. The van der Waals surface area contributed by atoms with Crippen molar-refractivity contribution in [2.75, 3.05) is 24.6 Å². The number of amides is 1. The number of rotatable bonds is 4. The van der Waals surface area contributed by atoms with E-state index in [2.05, 4.69) is 6.92 Å². The fraction of sp³-hybridized carbons (Fsp3) is 0.533. The Hall–Kier alpha value is -1.55.